The average molecular weight is 248 g/mol. The molecule has 0 unspecified atom stereocenters. The van der Waals surface area contributed by atoms with E-state index < -0.39 is 0 Å². The lowest BCUT2D eigenvalue weighted by Crippen LogP contribution is -2.33. The summed E-state index contributed by atoms with van der Waals surface area (Å²) in [6.45, 7) is 7.65. The van der Waals surface area contributed by atoms with E-state index in [-0.39, 0.29) is 0 Å². The summed E-state index contributed by atoms with van der Waals surface area (Å²) in [5.74, 6) is 3.30. The Bertz CT molecular complexity index is 399. The molecule has 0 saturated heterocycles. The average Bonchev–Trinajstić information content (AvgIpc) is 3.08. The molecule has 1 aromatic heterocycles. The first-order chi connectivity index (χ1) is 8.60. The Morgan fingerprint density at radius 2 is 2.11 bits per heavy atom. The van der Waals surface area contributed by atoms with Crippen LogP contribution in [0.15, 0.2) is 6.07 Å². The Balaban J connectivity index is 2.21. The van der Waals surface area contributed by atoms with Crippen LogP contribution < -0.4 is 10.6 Å². The van der Waals surface area contributed by atoms with Gasteiger partial charge < -0.3 is 10.6 Å². The van der Waals surface area contributed by atoms with E-state index in [9.17, 15) is 0 Å². The molecule has 1 fully saturated rings. The van der Waals surface area contributed by atoms with E-state index in [2.05, 4.69) is 35.6 Å². The van der Waals surface area contributed by atoms with Crippen molar-refractivity contribution in [3.8, 4) is 0 Å². The highest BCUT2D eigenvalue weighted by Gasteiger charge is 2.26. The molecule has 1 heterocycles. The molecule has 1 aromatic rings. The Kier molecular flexibility index (Phi) is 4.04. The SMILES string of the molecule is CCCc1nc(N)cc(N(CC2CC2)C(C)C)n1. The van der Waals surface area contributed by atoms with Gasteiger partial charge in [0.05, 0.1) is 0 Å². The largest absolute Gasteiger partial charge is 0.384 e. The van der Waals surface area contributed by atoms with Crippen molar-refractivity contribution in [1.82, 2.24) is 9.97 Å². The van der Waals surface area contributed by atoms with Crippen LogP contribution in [-0.4, -0.2) is 22.6 Å². The van der Waals surface area contributed by atoms with Gasteiger partial charge in [-0.25, -0.2) is 9.97 Å². The van der Waals surface area contributed by atoms with Crippen molar-refractivity contribution in [2.75, 3.05) is 17.2 Å². The molecule has 0 bridgehead atoms. The molecule has 100 valence electrons. The van der Waals surface area contributed by atoms with Gasteiger partial charge in [-0.1, -0.05) is 6.92 Å². The van der Waals surface area contributed by atoms with E-state index in [0.29, 0.717) is 11.9 Å². The highest BCUT2D eigenvalue weighted by atomic mass is 15.2. The van der Waals surface area contributed by atoms with Crippen molar-refractivity contribution >= 4 is 11.6 Å². The van der Waals surface area contributed by atoms with Crippen LogP contribution in [0, 0.1) is 5.92 Å². The molecule has 0 atom stereocenters. The normalized spacial score (nSPS) is 15.1. The van der Waals surface area contributed by atoms with Crippen molar-refractivity contribution in [3.63, 3.8) is 0 Å². The quantitative estimate of drug-likeness (QED) is 0.841. The smallest absolute Gasteiger partial charge is 0.134 e. The van der Waals surface area contributed by atoms with Crippen LogP contribution in [0.1, 0.15) is 45.9 Å². The number of aryl methyl sites for hydroxylation is 1. The molecule has 0 aliphatic heterocycles. The van der Waals surface area contributed by atoms with Gasteiger partial charge >= 0.3 is 0 Å². The second-order valence-electron chi connectivity index (χ2n) is 5.51. The molecule has 2 rings (SSSR count). The molecule has 0 spiro atoms. The summed E-state index contributed by atoms with van der Waals surface area (Å²) in [5, 5.41) is 0. The number of nitrogen functional groups attached to an aromatic ring is 1. The van der Waals surface area contributed by atoms with Crippen molar-refractivity contribution in [3.05, 3.63) is 11.9 Å². The zero-order chi connectivity index (χ0) is 13.1. The first kappa shape index (κ1) is 13.1. The molecule has 0 aromatic carbocycles. The molecule has 1 aliphatic carbocycles. The van der Waals surface area contributed by atoms with Crippen LogP contribution in [0.4, 0.5) is 11.6 Å². The van der Waals surface area contributed by atoms with E-state index >= 15 is 0 Å². The number of hydrogen-bond donors (Lipinski definition) is 1. The molecule has 1 aliphatic rings. The monoisotopic (exact) mass is 248 g/mol. The minimum atomic E-state index is 0.453. The Morgan fingerprint density at radius 3 is 2.67 bits per heavy atom. The van der Waals surface area contributed by atoms with Gasteiger partial charge in [0, 0.05) is 25.1 Å². The summed E-state index contributed by atoms with van der Waals surface area (Å²) >= 11 is 0. The third-order valence-corrected chi connectivity index (χ3v) is 3.32. The molecule has 4 nitrogen and oxygen atoms in total. The molecular weight excluding hydrogens is 224 g/mol. The van der Waals surface area contributed by atoms with E-state index in [1.165, 1.54) is 12.8 Å². The molecule has 0 radical (unpaired) electrons. The van der Waals surface area contributed by atoms with Gasteiger partial charge in [0.15, 0.2) is 0 Å². The Labute approximate surface area is 110 Å². The maximum Gasteiger partial charge on any atom is 0.134 e. The molecule has 18 heavy (non-hydrogen) atoms. The summed E-state index contributed by atoms with van der Waals surface area (Å²) in [6.07, 6.45) is 4.65. The first-order valence-corrected chi connectivity index (χ1v) is 7.00. The predicted octanol–water partition coefficient (Wildman–Crippen LogP) is 2.64. The van der Waals surface area contributed by atoms with E-state index in [4.69, 9.17) is 5.73 Å². The van der Waals surface area contributed by atoms with Crippen LogP contribution in [0.5, 0.6) is 0 Å². The summed E-state index contributed by atoms with van der Waals surface area (Å²) in [6, 6.07) is 2.36. The minimum absolute atomic E-state index is 0.453. The zero-order valence-corrected chi connectivity index (χ0v) is 11.7. The first-order valence-electron chi connectivity index (χ1n) is 7.00. The van der Waals surface area contributed by atoms with E-state index in [1.54, 1.807) is 0 Å². The summed E-state index contributed by atoms with van der Waals surface area (Å²) in [7, 11) is 0. The third kappa shape index (κ3) is 3.34. The van der Waals surface area contributed by atoms with Gasteiger partial charge in [-0.05, 0) is 39.0 Å². The maximum atomic E-state index is 5.90. The second-order valence-corrected chi connectivity index (χ2v) is 5.51. The van der Waals surface area contributed by atoms with Gasteiger partial charge in [0.25, 0.3) is 0 Å². The van der Waals surface area contributed by atoms with E-state index in [1.807, 2.05) is 6.07 Å². The predicted molar refractivity (Wildman–Crippen MR) is 75.6 cm³/mol. The van der Waals surface area contributed by atoms with Crippen molar-refractivity contribution in [1.29, 1.82) is 0 Å². The van der Waals surface area contributed by atoms with Gasteiger partial charge in [-0.2, -0.15) is 0 Å². The summed E-state index contributed by atoms with van der Waals surface area (Å²) < 4.78 is 0. The lowest BCUT2D eigenvalue weighted by atomic mass is 10.2. The molecule has 2 N–H and O–H groups in total. The third-order valence-electron chi connectivity index (χ3n) is 3.32. The highest BCUT2D eigenvalue weighted by Crippen LogP contribution is 2.32. The van der Waals surface area contributed by atoms with E-state index in [0.717, 1.165) is 36.9 Å². The number of nitrogens with zero attached hydrogens (tertiary/aromatic N) is 3. The van der Waals surface area contributed by atoms with Gasteiger partial charge in [0.2, 0.25) is 0 Å². The number of hydrogen-bond acceptors (Lipinski definition) is 4. The molecule has 1 saturated carbocycles. The van der Waals surface area contributed by atoms with Crippen molar-refractivity contribution in [2.45, 2.75) is 52.5 Å². The van der Waals surface area contributed by atoms with Crippen LogP contribution in [0.25, 0.3) is 0 Å². The standard InChI is InChI=1S/C14H24N4/c1-4-5-13-16-12(15)8-14(17-13)18(10(2)3)9-11-6-7-11/h8,10-11H,4-7,9H2,1-3H3,(H2,15,16,17). The van der Waals surface area contributed by atoms with Crippen LogP contribution in [0.3, 0.4) is 0 Å². The Morgan fingerprint density at radius 1 is 1.39 bits per heavy atom. The fourth-order valence-electron chi connectivity index (χ4n) is 2.13. The lowest BCUT2D eigenvalue weighted by Gasteiger charge is -2.28. The number of aromatic nitrogens is 2. The van der Waals surface area contributed by atoms with Crippen LogP contribution in [0.2, 0.25) is 0 Å². The molecular formula is C14H24N4. The lowest BCUT2D eigenvalue weighted by molar-refractivity contribution is 0.633. The van der Waals surface area contributed by atoms with Crippen LogP contribution in [-0.2, 0) is 6.42 Å². The fourth-order valence-corrected chi connectivity index (χ4v) is 2.13. The number of nitrogens with two attached hydrogens (primary N) is 1. The van der Waals surface area contributed by atoms with Gasteiger partial charge in [-0.15, -0.1) is 0 Å². The second kappa shape index (κ2) is 5.55. The fraction of sp³-hybridized carbons (Fsp3) is 0.714. The zero-order valence-electron chi connectivity index (χ0n) is 11.7. The summed E-state index contributed by atoms with van der Waals surface area (Å²) in [5.41, 5.74) is 5.90. The van der Waals surface area contributed by atoms with Crippen LogP contribution >= 0.6 is 0 Å². The maximum absolute atomic E-state index is 5.90. The Hall–Kier alpha value is -1.32. The number of rotatable bonds is 6. The minimum Gasteiger partial charge on any atom is -0.384 e. The topological polar surface area (TPSA) is 55.0 Å². The molecule has 4 heteroatoms. The highest BCUT2D eigenvalue weighted by molar-refractivity contribution is 5.47. The van der Waals surface area contributed by atoms with Gasteiger partial charge in [0.1, 0.15) is 17.5 Å². The number of anilines is 2. The van der Waals surface area contributed by atoms with Crippen molar-refractivity contribution in [2.24, 2.45) is 5.92 Å². The van der Waals surface area contributed by atoms with Gasteiger partial charge in [-0.3, -0.25) is 0 Å². The molecule has 0 amide bonds. The van der Waals surface area contributed by atoms with Crippen molar-refractivity contribution < 1.29 is 0 Å². The summed E-state index contributed by atoms with van der Waals surface area (Å²) in [4.78, 5) is 11.3.